The summed E-state index contributed by atoms with van der Waals surface area (Å²) in [4.78, 5) is 36.6. The van der Waals surface area contributed by atoms with Gasteiger partial charge in [-0.05, 0) is 12.8 Å². The first-order chi connectivity index (χ1) is 24.8. The van der Waals surface area contributed by atoms with Crippen LogP contribution >= 0.6 is 11.8 Å². The van der Waals surface area contributed by atoms with Gasteiger partial charge >= 0.3 is 12.0 Å². The highest BCUT2D eigenvalue weighted by Crippen LogP contribution is 2.35. The Morgan fingerprint density at radius 2 is 1.38 bits per heavy atom. The number of amides is 3. The van der Waals surface area contributed by atoms with E-state index in [-0.39, 0.29) is 29.8 Å². The Labute approximate surface area is 301 Å². The molecule has 22 heteroatoms. The Bertz CT molecular complexity index is 1220. The quantitative estimate of drug-likeness (QED) is 0.0444. The monoisotopic (exact) mass is 771 g/mol. The zero-order chi connectivity index (χ0) is 37.9. The Hall–Kier alpha value is -2.00. The minimum Gasteiger partial charge on any atom is -0.433 e. The van der Waals surface area contributed by atoms with E-state index >= 15 is 0 Å². The van der Waals surface area contributed by atoms with Gasteiger partial charge in [0.05, 0.1) is 31.9 Å². The average molecular weight is 772 g/mol. The van der Waals surface area contributed by atoms with Gasteiger partial charge in [0, 0.05) is 24.3 Å². The van der Waals surface area contributed by atoms with Crippen LogP contribution in [0.5, 0.6) is 0 Å². The molecule has 5 fully saturated rings. The van der Waals surface area contributed by atoms with E-state index < -0.39 is 124 Å². The van der Waals surface area contributed by atoms with Gasteiger partial charge in [0.15, 0.2) is 12.6 Å². The number of aliphatic hydroxyl groups is 9. The molecule has 0 saturated carbocycles. The number of unbranched alkanes of at least 4 members (excludes halogenated alkanes) is 1. The molecular formula is C30H49N3O18S. The lowest BCUT2D eigenvalue weighted by molar-refractivity contribution is -0.375. The predicted octanol–water partition coefficient (Wildman–Crippen LogP) is -6.15. The lowest BCUT2D eigenvalue weighted by atomic mass is 9.95. The number of aliphatic hydroxyl groups excluding tert-OH is 9. The highest BCUT2D eigenvalue weighted by Gasteiger charge is 2.54. The molecule has 0 radical (unpaired) electrons. The molecule has 0 aromatic carbocycles. The van der Waals surface area contributed by atoms with Crippen LogP contribution in [0.1, 0.15) is 32.6 Å². The van der Waals surface area contributed by atoms with Crippen molar-refractivity contribution in [3.8, 4) is 0 Å². The second-order valence-corrected chi connectivity index (χ2v) is 14.7. The summed E-state index contributed by atoms with van der Waals surface area (Å²) in [6.45, 7) is -1.33. The number of rotatable bonds is 14. The maximum atomic E-state index is 12.9. The standard InChI is InChI=1S/C30H49N3O18S/c1-10(37)31-18-21(41)25(14(8-36)48-27(18)49-16(38)5-3-2-4-15-17-11(9-52-15)32-30(45)33-17)50-29-24(44)26(20(40)13(7-35)47-29)51-28-23(43)22(42)19(39)12(6-34)46-28/h11-15,17-29,34-36,39-44H,2-9H2,1H3,(H,31,37)(H2,32,33,45)/t11-,12?,13?,14?,15-,17-,18?,19?,20?,21?,22?,23?,24?,25?,26?,27?,28?,29?/m1/s1. The largest absolute Gasteiger partial charge is 0.433 e. The van der Waals surface area contributed by atoms with Gasteiger partial charge in [-0.15, -0.1) is 0 Å². The molecule has 5 saturated heterocycles. The summed E-state index contributed by atoms with van der Waals surface area (Å²) in [5.41, 5.74) is 0. The Balaban J connectivity index is 1.21. The fourth-order valence-corrected chi connectivity index (χ4v) is 8.53. The molecule has 52 heavy (non-hydrogen) atoms. The molecule has 0 bridgehead atoms. The zero-order valence-corrected chi connectivity index (χ0v) is 29.0. The summed E-state index contributed by atoms with van der Waals surface area (Å²) in [6, 6.07) is -1.55. The van der Waals surface area contributed by atoms with Crippen molar-refractivity contribution in [2.75, 3.05) is 25.6 Å². The number of urea groups is 1. The maximum Gasteiger partial charge on any atom is 0.315 e. The SMILES string of the molecule is CC(=O)NC1C(OC(=O)CCCC[C@H]2SC[C@H]3NC(=O)N[C@H]32)OC(CO)C(OC2OC(CO)C(O)C(OC3OC(CO)C(O)C(O)C3O)C2O)C1O. The molecule has 0 spiro atoms. The molecule has 5 aliphatic heterocycles. The molecule has 0 aromatic heterocycles. The van der Waals surface area contributed by atoms with Gasteiger partial charge < -0.3 is 90.3 Å². The van der Waals surface area contributed by atoms with Crippen molar-refractivity contribution in [3.05, 3.63) is 0 Å². The summed E-state index contributed by atoms with van der Waals surface area (Å²) < 4.78 is 33.5. The lowest BCUT2D eigenvalue weighted by Crippen LogP contribution is -2.68. The lowest BCUT2D eigenvalue weighted by Gasteiger charge is -2.48. The first kappa shape index (κ1) is 41.2. The molecule has 15 unspecified atom stereocenters. The van der Waals surface area contributed by atoms with Crippen molar-refractivity contribution in [1.29, 1.82) is 0 Å². The minimum atomic E-state index is -1.97. The number of esters is 1. The summed E-state index contributed by atoms with van der Waals surface area (Å²) in [5.74, 6) is -0.568. The van der Waals surface area contributed by atoms with Crippen molar-refractivity contribution in [3.63, 3.8) is 0 Å². The first-order valence-corrected chi connectivity index (χ1v) is 18.2. The molecule has 0 aliphatic carbocycles. The van der Waals surface area contributed by atoms with E-state index in [0.29, 0.717) is 12.8 Å². The Kier molecular flexibility index (Phi) is 14.3. The molecule has 5 heterocycles. The first-order valence-electron chi connectivity index (χ1n) is 17.1. The van der Waals surface area contributed by atoms with Gasteiger partial charge in [0.25, 0.3) is 0 Å². The smallest absolute Gasteiger partial charge is 0.315 e. The van der Waals surface area contributed by atoms with E-state index in [1.807, 2.05) is 0 Å². The third-order valence-electron chi connectivity index (χ3n) is 9.78. The third kappa shape index (κ3) is 9.09. The fourth-order valence-electron chi connectivity index (χ4n) is 6.99. The topological polar surface area (TPSA) is 325 Å². The van der Waals surface area contributed by atoms with Crippen LogP contribution in [0.2, 0.25) is 0 Å². The second-order valence-electron chi connectivity index (χ2n) is 13.4. The van der Waals surface area contributed by atoms with Crippen molar-refractivity contribution in [2.45, 2.75) is 142 Å². The van der Waals surface area contributed by atoms with Gasteiger partial charge in [-0.3, -0.25) is 9.59 Å². The number of nitrogens with one attached hydrogen (secondary N) is 3. The van der Waals surface area contributed by atoms with Gasteiger partial charge in [-0.25, -0.2) is 4.79 Å². The molecule has 21 nitrogen and oxygen atoms in total. The highest BCUT2D eigenvalue weighted by molar-refractivity contribution is 8.00. The summed E-state index contributed by atoms with van der Waals surface area (Å²) in [5, 5.41) is 102. The molecule has 3 amide bonds. The van der Waals surface area contributed by atoms with E-state index in [1.165, 1.54) is 0 Å². The normalized spacial score (nSPS) is 44.8. The number of hydrogen-bond acceptors (Lipinski definition) is 19. The summed E-state index contributed by atoms with van der Waals surface area (Å²) >= 11 is 1.74. The van der Waals surface area contributed by atoms with Gasteiger partial charge in [-0.1, -0.05) is 6.42 Å². The van der Waals surface area contributed by atoms with E-state index in [4.69, 9.17) is 28.4 Å². The molecule has 5 aliphatic rings. The van der Waals surface area contributed by atoms with Crippen molar-refractivity contribution in [1.82, 2.24) is 16.0 Å². The number of carbonyl (C=O) groups excluding carboxylic acids is 3. The number of fused-ring (bicyclic) bond motifs is 1. The van der Waals surface area contributed by atoms with E-state index in [1.54, 1.807) is 11.8 Å². The molecule has 12 N–H and O–H groups in total. The van der Waals surface area contributed by atoms with Crippen LogP contribution in [0, 0.1) is 0 Å². The van der Waals surface area contributed by atoms with E-state index in [9.17, 15) is 60.3 Å². The molecular weight excluding hydrogens is 722 g/mol. The average Bonchev–Trinajstić information content (AvgIpc) is 3.67. The van der Waals surface area contributed by atoms with E-state index in [0.717, 1.165) is 19.1 Å². The van der Waals surface area contributed by atoms with Crippen LogP contribution in [-0.4, -0.2) is 199 Å². The highest BCUT2D eigenvalue weighted by atomic mass is 32.2. The number of carbonyl (C=O) groups is 3. The van der Waals surface area contributed by atoms with Crippen LogP contribution < -0.4 is 16.0 Å². The Morgan fingerprint density at radius 1 is 0.769 bits per heavy atom. The molecule has 18 atom stereocenters. The third-order valence-corrected chi connectivity index (χ3v) is 11.3. The van der Waals surface area contributed by atoms with Crippen LogP contribution in [0.25, 0.3) is 0 Å². The predicted molar refractivity (Wildman–Crippen MR) is 171 cm³/mol. The summed E-state index contributed by atoms with van der Waals surface area (Å²) in [6.07, 6.45) is -22.1. The number of hydrogen-bond donors (Lipinski definition) is 12. The van der Waals surface area contributed by atoms with Gasteiger partial charge in [-0.2, -0.15) is 11.8 Å². The summed E-state index contributed by atoms with van der Waals surface area (Å²) in [7, 11) is 0. The van der Waals surface area contributed by atoms with Crippen LogP contribution in [0.4, 0.5) is 4.79 Å². The van der Waals surface area contributed by atoms with Crippen LogP contribution in [0.3, 0.4) is 0 Å². The van der Waals surface area contributed by atoms with Gasteiger partial charge in [0.2, 0.25) is 12.2 Å². The van der Waals surface area contributed by atoms with Crippen LogP contribution in [-0.2, 0) is 38.0 Å². The van der Waals surface area contributed by atoms with Crippen molar-refractivity contribution < 1.29 is 88.8 Å². The van der Waals surface area contributed by atoms with Crippen molar-refractivity contribution >= 4 is 29.7 Å². The fraction of sp³-hybridized carbons (Fsp3) is 0.900. The number of ether oxygens (including phenoxy) is 6. The second kappa shape index (κ2) is 18.1. The molecule has 298 valence electrons. The molecule has 0 aromatic rings. The Morgan fingerprint density at radius 3 is 2.04 bits per heavy atom. The van der Waals surface area contributed by atoms with E-state index in [2.05, 4.69) is 16.0 Å². The van der Waals surface area contributed by atoms with Gasteiger partial charge in [0.1, 0.15) is 73.2 Å². The number of thioether (sulfide) groups is 1. The van der Waals surface area contributed by atoms with Crippen LogP contribution in [0.15, 0.2) is 0 Å². The molecule has 5 rings (SSSR count). The minimum absolute atomic E-state index is 0.0196. The zero-order valence-electron chi connectivity index (χ0n) is 28.2. The van der Waals surface area contributed by atoms with Crippen molar-refractivity contribution in [2.24, 2.45) is 0 Å². The maximum absolute atomic E-state index is 12.9.